The van der Waals surface area contributed by atoms with Crippen LogP contribution in [0.1, 0.15) is 12.5 Å². The highest BCUT2D eigenvalue weighted by atomic mass is 16.5. The number of methoxy groups -OCH3 is 1. The van der Waals surface area contributed by atoms with Gasteiger partial charge in [0.15, 0.2) is 0 Å². The van der Waals surface area contributed by atoms with Gasteiger partial charge in [-0.25, -0.2) is 0 Å². The first kappa shape index (κ1) is 13.9. The van der Waals surface area contributed by atoms with Crippen molar-refractivity contribution in [3.8, 4) is 5.75 Å². The van der Waals surface area contributed by atoms with E-state index in [1.165, 1.54) is 0 Å². The van der Waals surface area contributed by atoms with Crippen LogP contribution in [0.25, 0.3) is 6.08 Å². The number of benzene rings is 2. The van der Waals surface area contributed by atoms with Crippen molar-refractivity contribution >= 4 is 17.7 Å². The molecule has 2 rings (SSSR count). The molecule has 0 unspecified atom stereocenters. The third-order valence-electron chi connectivity index (χ3n) is 2.89. The molecule has 2 aromatic carbocycles. The Balaban J connectivity index is 2.05. The first-order chi connectivity index (χ1) is 9.69. The fourth-order valence-corrected chi connectivity index (χ4v) is 1.77. The monoisotopic (exact) mass is 267 g/mol. The first-order valence-corrected chi connectivity index (χ1v) is 6.38. The fourth-order valence-electron chi connectivity index (χ4n) is 1.77. The molecule has 0 fully saturated rings. The average molecular weight is 267 g/mol. The summed E-state index contributed by atoms with van der Waals surface area (Å²) in [7, 11) is 1.61. The first-order valence-electron chi connectivity index (χ1n) is 6.38. The van der Waals surface area contributed by atoms with Crippen molar-refractivity contribution in [2.45, 2.75) is 6.92 Å². The molecule has 0 heterocycles. The Bertz CT molecular complexity index is 601. The Labute approximate surface area is 118 Å². The van der Waals surface area contributed by atoms with Gasteiger partial charge in [0.2, 0.25) is 0 Å². The van der Waals surface area contributed by atoms with Crippen molar-refractivity contribution in [3.05, 3.63) is 65.7 Å². The zero-order chi connectivity index (χ0) is 14.4. The normalized spacial score (nSPS) is 11.0. The van der Waals surface area contributed by atoms with Gasteiger partial charge in [0.1, 0.15) is 5.75 Å². The van der Waals surface area contributed by atoms with Crippen molar-refractivity contribution in [2.24, 2.45) is 0 Å². The molecule has 0 saturated carbocycles. The molecule has 0 bridgehead atoms. The van der Waals surface area contributed by atoms with Gasteiger partial charge >= 0.3 is 0 Å². The van der Waals surface area contributed by atoms with Crippen LogP contribution in [-0.2, 0) is 4.79 Å². The number of ether oxygens (including phenoxy) is 1. The summed E-state index contributed by atoms with van der Waals surface area (Å²) < 4.78 is 5.08. The Hall–Kier alpha value is -2.55. The highest BCUT2D eigenvalue weighted by Gasteiger charge is 2.05. The molecule has 0 radical (unpaired) electrons. The third-order valence-corrected chi connectivity index (χ3v) is 2.89. The van der Waals surface area contributed by atoms with Crippen LogP contribution in [0.15, 0.2) is 60.2 Å². The van der Waals surface area contributed by atoms with Gasteiger partial charge in [-0.2, -0.15) is 0 Å². The van der Waals surface area contributed by atoms with Crippen molar-refractivity contribution in [2.75, 3.05) is 12.4 Å². The van der Waals surface area contributed by atoms with Gasteiger partial charge in [-0.1, -0.05) is 30.3 Å². The number of hydrogen-bond acceptors (Lipinski definition) is 2. The van der Waals surface area contributed by atoms with Crippen LogP contribution in [0.4, 0.5) is 5.69 Å². The van der Waals surface area contributed by atoms with E-state index in [2.05, 4.69) is 5.32 Å². The number of hydrogen-bond donors (Lipinski definition) is 1. The Kier molecular flexibility index (Phi) is 4.56. The summed E-state index contributed by atoms with van der Waals surface area (Å²) in [6, 6.07) is 17.0. The summed E-state index contributed by atoms with van der Waals surface area (Å²) in [5, 5.41) is 2.85. The van der Waals surface area contributed by atoms with Crippen molar-refractivity contribution in [3.63, 3.8) is 0 Å². The van der Waals surface area contributed by atoms with E-state index in [-0.39, 0.29) is 5.91 Å². The zero-order valence-electron chi connectivity index (χ0n) is 11.6. The van der Waals surface area contributed by atoms with E-state index in [1.807, 2.05) is 60.7 Å². The summed E-state index contributed by atoms with van der Waals surface area (Å²) in [6.45, 7) is 1.80. The quantitative estimate of drug-likeness (QED) is 0.857. The van der Waals surface area contributed by atoms with Crippen LogP contribution in [0.2, 0.25) is 0 Å². The molecular formula is C17H17NO2. The van der Waals surface area contributed by atoms with Crippen LogP contribution in [0, 0.1) is 0 Å². The molecule has 0 atom stereocenters. The molecule has 0 aromatic heterocycles. The van der Waals surface area contributed by atoms with E-state index in [0.29, 0.717) is 5.57 Å². The standard InChI is InChI=1S/C17H17NO2/c1-13(12-14-6-4-3-5-7-14)17(19)18-15-8-10-16(20-2)11-9-15/h3-12H,1-2H3,(H,18,19)/b13-12-. The van der Waals surface area contributed by atoms with E-state index >= 15 is 0 Å². The van der Waals surface area contributed by atoms with Gasteiger partial charge in [-0.3, -0.25) is 4.79 Å². The third kappa shape index (κ3) is 3.72. The zero-order valence-corrected chi connectivity index (χ0v) is 11.6. The minimum atomic E-state index is -0.112. The number of carbonyl (C=O) groups is 1. The molecule has 3 heteroatoms. The molecule has 3 nitrogen and oxygen atoms in total. The lowest BCUT2D eigenvalue weighted by Gasteiger charge is -2.06. The number of anilines is 1. The maximum absolute atomic E-state index is 12.1. The summed E-state index contributed by atoms with van der Waals surface area (Å²) in [4.78, 5) is 12.1. The van der Waals surface area contributed by atoms with Gasteiger partial charge < -0.3 is 10.1 Å². The molecule has 0 saturated heterocycles. The van der Waals surface area contributed by atoms with E-state index in [0.717, 1.165) is 17.0 Å². The van der Waals surface area contributed by atoms with E-state index < -0.39 is 0 Å². The summed E-state index contributed by atoms with van der Waals surface area (Å²) >= 11 is 0. The van der Waals surface area contributed by atoms with Crippen LogP contribution in [0.3, 0.4) is 0 Å². The summed E-state index contributed by atoms with van der Waals surface area (Å²) in [5.74, 6) is 0.651. The van der Waals surface area contributed by atoms with Gasteiger partial charge in [-0.05, 0) is 42.8 Å². The van der Waals surface area contributed by atoms with Gasteiger partial charge in [0.05, 0.1) is 7.11 Å². The lowest BCUT2D eigenvalue weighted by atomic mass is 10.1. The second-order valence-corrected chi connectivity index (χ2v) is 4.42. The Morgan fingerprint density at radius 3 is 2.30 bits per heavy atom. The van der Waals surface area contributed by atoms with Crippen molar-refractivity contribution in [1.82, 2.24) is 0 Å². The van der Waals surface area contributed by atoms with Crippen LogP contribution < -0.4 is 10.1 Å². The molecule has 102 valence electrons. The Morgan fingerprint density at radius 2 is 1.70 bits per heavy atom. The SMILES string of the molecule is COc1ccc(NC(=O)/C(C)=C\c2ccccc2)cc1. The number of amides is 1. The largest absolute Gasteiger partial charge is 0.497 e. The van der Waals surface area contributed by atoms with E-state index in [9.17, 15) is 4.79 Å². The fraction of sp³-hybridized carbons (Fsp3) is 0.118. The smallest absolute Gasteiger partial charge is 0.251 e. The maximum atomic E-state index is 12.1. The number of nitrogens with one attached hydrogen (secondary N) is 1. The number of rotatable bonds is 4. The Morgan fingerprint density at radius 1 is 1.05 bits per heavy atom. The lowest BCUT2D eigenvalue weighted by Crippen LogP contribution is -2.12. The van der Waals surface area contributed by atoms with Crippen LogP contribution >= 0.6 is 0 Å². The van der Waals surface area contributed by atoms with E-state index in [4.69, 9.17) is 4.74 Å². The predicted octanol–water partition coefficient (Wildman–Crippen LogP) is 3.74. The van der Waals surface area contributed by atoms with Crippen molar-refractivity contribution < 1.29 is 9.53 Å². The molecule has 0 aliphatic heterocycles. The maximum Gasteiger partial charge on any atom is 0.251 e. The summed E-state index contributed by atoms with van der Waals surface area (Å²) in [6.07, 6.45) is 1.86. The minimum Gasteiger partial charge on any atom is -0.497 e. The highest BCUT2D eigenvalue weighted by molar-refractivity contribution is 6.06. The molecule has 1 N–H and O–H groups in total. The van der Waals surface area contributed by atoms with Gasteiger partial charge in [0, 0.05) is 11.3 Å². The molecule has 20 heavy (non-hydrogen) atoms. The molecule has 1 amide bonds. The van der Waals surface area contributed by atoms with Crippen molar-refractivity contribution in [1.29, 1.82) is 0 Å². The molecule has 0 spiro atoms. The molecule has 0 aliphatic rings. The van der Waals surface area contributed by atoms with Crippen LogP contribution in [0.5, 0.6) is 5.75 Å². The second-order valence-electron chi connectivity index (χ2n) is 4.42. The van der Waals surface area contributed by atoms with E-state index in [1.54, 1.807) is 14.0 Å². The topological polar surface area (TPSA) is 38.3 Å². The lowest BCUT2D eigenvalue weighted by molar-refractivity contribution is -0.112. The average Bonchev–Trinajstić information content (AvgIpc) is 2.49. The molecule has 2 aromatic rings. The minimum absolute atomic E-state index is 0.112. The number of carbonyl (C=O) groups excluding carboxylic acids is 1. The van der Waals surface area contributed by atoms with Crippen LogP contribution in [-0.4, -0.2) is 13.0 Å². The highest BCUT2D eigenvalue weighted by Crippen LogP contribution is 2.16. The van der Waals surface area contributed by atoms with Gasteiger partial charge in [-0.15, -0.1) is 0 Å². The molecule has 0 aliphatic carbocycles. The summed E-state index contributed by atoms with van der Waals surface area (Å²) in [5.41, 5.74) is 2.42. The molecular weight excluding hydrogens is 250 g/mol. The second kappa shape index (κ2) is 6.57. The predicted molar refractivity (Wildman–Crippen MR) is 81.7 cm³/mol. The van der Waals surface area contributed by atoms with Gasteiger partial charge in [0.25, 0.3) is 5.91 Å².